The number of halogens is 2. The number of piperazine rings is 1. The highest BCUT2D eigenvalue weighted by molar-refractivity contribution is 14.0. The zero-order chi connectivity index (χ0) is 20.9. The zero-order valence-electron chi connectivity index (χ0n) is 18.0. The van der Waals surface area contributed by atoms with Crippen molar-refractivity contribution in [2.75, 3.05) is 66.1 Å². The maximum atomic E-state index is 13.3. The van der Waals surface area contributed by atoms with Gasteiger partial charge in [0.25, 0.3) is 0 Å². The number of methoxy groups -OCH3 is 1. The highest BCUT2D eigenvalue weighted by Gasteiger charge is 2.20. The lowest BCUT2D eigenvalue weighted by Gasteiger charge is -2.36. The van der Waals surface area contributed by atoms with Crippen molar-refractivity contribution < 1.29 is 13.9 Å². The van der Waals surface area contributed by atoms with Gasteiger partial charge in [0.15, 0.2) is 5.96 Å². The second kappa shape index (κ2) is 15.4. The Bertz CT molecular complexity index is 654. The third-order valence-corrected chi connectivity index (χ3v) is 4.78. The first-order valence-corrected chi connectivity index (χ1v) is 10.4. The van der Waals surface area contributed by atoms with Gasteiger partial charge in [-0.25, -0.2) is 4.39 Å². The van der Waals surface area contributed by atoms with Gasteiger partial charge in [-0.1, -0.05) is 12.1 Å². The second-order valence-corrected chi connectivity index (χ2v) is 7.08. The number of rotatable bonds is 10. The molecule has 0 saturated carbocycles. The van der Waals surface area contributed by atoms with Crippen LogP contribution in [0, 0.1) is 5.82 Å². The van der Waals surface area contributed by atoms with E-state index >= 15 is 0 Å². The molecule has 1 amide bonds. The van der Waals surface area contributed by atoms with Gasteiger partial charge in [-0.2, -0.15) is 0 Å². The Hall–Kier alpha value is -1.46. The van der Waals surface area contributed by atoms with E-state index in [1.165, 1.54) is 6.07 Å². The quantitative estimate of drug-likeness (QED) is 0.207. The van der Waals surface area contributed by atoms with Crippen molar-refractivity contribution in [3.63, 3.8) is 0 Å². The zero-order valence-corrected chi connectivity index (χ0v) is 20.4. The van der Waals surface area contributed by atoms with Crippen LogP contribution in [0.25, 0.3) is 0 Å². The smallest absolute Gasteiger partial charge is 0.234 e. The summed E-state index contributed by atoms with van der Waals surface area (Å²) in [6, 6.07) is 6.74. The number of aryl methyl sites for hydroxylation is 1. The molecule has 0 unspecified atom stereocenters. The van der Waals surface area contributed by atoms with E-state index in [2.05, 4.69) is 27.4 Å². The molecule has 1 aromatic rings. The first-order valence-electron chi connectivity index (χ1n) is 10.4. The number of guanidine groups is 1. The fourth-order valence-corrected chi connectivity index (χ4v) is 3.26. The number of benzene rings is 1. The number of nitrogens with one attached hydrogen (secondary N) is 2. The van der Waals surface area contributed by atoms with Gasteiger partial charge in [0, 0.05) is 52.9 Å². The molecule has 2 rings (SSSR count). The molecular weight excluding hydrogens is 500 g/mol. The number of carbonyl (C=O) groups excluding carboxylic acids is 1. The molecule has 1 heterocycles. The molecule has 1 aliphatic rings. The predicted octanol–water partition coefficient (Wildman–Crippen LogP) is 1.72. The summed E-state index contributed by atoms with van der Waals surface area (Å²) in [5.74, 6) is 0.758. The minimum Gasteiger partial charge on any atom is -0.383 e. The highest BCUT2D eigenvalue weighted by Crippen LogP contribution is 2.07. The molecule has 1 fully saturated rings. The van der Waals surface area contributed by atoms with Crippen LogP contribution in [-0.4, -0.2) is 87.7 Å². The fourth-order valence-electron chi connectivity index (χ4n) is 3.26. The third-order valence-electron chi connectivity index (χ3n) is 4.78. The molecule has 1 aromatic carbocycles. The largest absolute Gasteiger partial charge is 0.383 e. The van der Waals surface area contributed by atoms with Crippen LogP contribution in [0.3, 0.4) is 0 Å². The molecule has 7 nitrogen and oxygen atoms in total. The Morgan fingerprint density at radius 3 is 2.67 bits per heavy atom. The van der Waals surface area contributed by atoms with Crippen molar-refractivity contribution >= 4 is 35.8 Å². The Kier molecular flexibility index (Phi) is 13.6. The van der Waals surface area contributed by atoms with E-state index in [0.717, 1.165) is 57.1 Å². The average Bonchev–Trinajstić information content (AvgIpc) is 2.71. The van der Waals surface area contributed by atoms with Crippen molar-refractivity contribution in [1.82, 2.24) is 20.4 Å². The van der Waals surface area contributed by atoms with Crippen LogP contribution in [-0.2, 0) is 16.0 Å². The van der Waals surface area contributed by atoms with Gasteiger partial charge in [-0.05, 0) is 37.5 Å². The molecule has 0 radical (unpaired) electrons. The monoisotopic (exact) mass is 535 g/mol. The van der Waals surface area contributed by atoms with E-state index in [0.29, 0.717) is 26.2 Å². The molecular formula is C21H35FIN5O2. The second-order valence-electron chi connectivity index (χ2n) is 7.08. The summed E-state index contributed by atoms with van der Waals surface area (Å²) in [6.07, 6.45) is 1.69. The van der Waals surface area contributed by atoms with E-state index < -0.39 is 0 Å². The number of ether oxygens (including phenoxy) is 1. The number of aliphatic imine (C=N–C) groups is 1. The molecule has 30 heavy (non-hydrogen) atoms. The fraction of sp³-hybridized carbons (Fsp3) is 0.619. The minimum atomic E-state index is -0.190. The maximum Gasteiger partial charge on any atom is 0.234 e. The number of hydrogen-bond acceptors (Lipinski definition) is 4. The Morgan fingerprint density at radius 1 is 1.23 bits per heavy atom. The van der Waals surface area contributed by atoms with E-state index in [1.807, 2.05) is 6.07 Å². The molecule has 1 aliphatic heterocycles. The lowest BCUT2D eigenvalue weighted by molar-refractivity contribution is -0.122. The Balaban J connectivity index is 0.00000450. The van der Waals surface area contributed by atoms with Gasteiger partial charge in [-0.15, -0.1) is 24.0 Å². The summed E-state index contributed by atoms with van der Waals surface area (Å²) >= 11 is 0. The standard InChI is InChI=1S/C21H34FN5O2.HI/c1-3-23-21(25-9-5-7-18-6-4-8-19(22)16-18)27-13-11-26(12-14-27)17-20(28)24-10-15-29-2;/h4,6,8,16H,3,5,7,9-15,17H2,1-2H3,(H,23,25)(H,24,28);1H. The van der Waals surface area contributed by atoms with Gasteiger partial charge in [0.1, 0.15) is 5.82 Å². The van der Waals surface area contributed by atoms with Crippen molar-refractivity contribution in [3.8, 4) is 0 Å². The summed E-state index contributed by atoms with van der Waals surface area (Å²) < 4.78 is 18.2. The van der Waals surface area contributed by atoms with E-state index in [9.17, 15) is 9.18 Å². The lowest BCUT2D eigenvalue weighted by atomic mass is 10.1. The number of hydrogen-bond donors (Lipinski definition) is 2. The molecule has 170 valence electrons. The highest BCUT2D eigenvalue weighted by atomic mass is 127. The van der Waals surface area contributed by atoms with Crippen molar-refractivity contribution in [2.24, 2.45) is 4.99 Å². The van der Waals surface area contributed by atoms with Crippen LogP contribution in [0.2, 0.25) is 0 Å². The van der Waals surface area contributed by atoms with Crippen LogP contribution in [0.15, 0.2) is 29.3 Å². The van der Waals surface area contributed by atoms with Crippen LogP contribution >= 0.6 is 24.0 Å². The van der Waals surface area contributed by atoms with Crippen LogP contribution < -0.4 is 10.6 Å². The van der Waals surface area contributed by atoms with Crippen molar-refractivity contribution in [2.45, 2.75) is 19.8 Å². The topological polar surface area (TPSA) is 69.2 Å². The molecule has 9 heteroatoms. The van der Waals surface area contributed by atoms with Gasteiger partial charge >= 0.3 is 0 Å². The third kappa shape index (κ3) is 10.0. The van der Waals surface area contributed by atoms with Crippen LogP contribution in [0.1, 0.15) is 18.9 Å². The summed E-state index contributed by atoms with van der Waals surface area (Å²) in [7, 11) is 1.62. The van der Waals surface area contributed by atoms with E-state index in [-0.39, 0.29) is 35.7 Å². The Morgan fingerprint density at radius 2 is 2.00 bits per heavy atom. The number of carbonyl (C=O) groups is 1. The average molecular weight is 535 g/mol. The van der Waals surface area contributed by atoms with Gasteiger partial charge in [-0.3, -0.25) is 14.7 Å². The lowest BCUT2D eigenvalue weighted by Crippen LogP contribution is -2.54. The van der Waals surface area contributed by atoms with Gasteiger partial charge in [0.05, 0.1) is 13.2 Å². The predicted molar refractivity (Wildman–Crippen MR) is 129 cm³/mol. The Labute approximate surface area is 196 Å². The number of nitrogens with zero attached hydrogens (tertiary/aromatic N) is 3. The number of amides is 1. The van der Waals surface area contributed by atoms with Crippen LogP contribution in [0.5, 0.6) is 0 Å². The van der Waals surface area contributed by atoms with Gasteiger partial charge in [0.2, 0.25) is 5.91 Å². The first kappa shape index (κ1) is 26.6. The van der Waals surface area contributed by atoms with Crippen molar-refractivity contribution in [3.05, 3.63) is 35.6 Å². The first-order chi connectivity index (χ1) is 14.1. The molecule has 0 atom stereocenters. The molecule has 1 saturated heterocycles. The summed E-state index contributed by atoms with van der Waals surface area (Å²) in [5, 5.41) is 6.21. The van der Waals surface area contributed by atoms with Gasteiger partial charge < -0.3 is 20.3 Å². The normalized spacial score (nSPS) is 14.9. The molecule has 0 aromatic heterocycles. The SMILES string of the molecule is CCNC(=NCCCc1cccc(F)c1)N1CCN(CC(=O)NCCOC)CC1.I. The van der Waals surface area contributed by atoms with Crippen molar-refractivity contribution in [1.29, 1.82) is 0 Å². The van der Waals surface area contributed by atoms with E-state index in [1.54, 1.807) is 19.2 Å². The summed E-state index contributed by atoms with van der Waals surface area (Å²) in [5.41, 5.74) is 1.00. The van der Waals surface area contributed by atoms with Crippen LogP contribution in [0.4, 0.5) is 4.39 Å². The summed E-state index contributed by atoms with van der Waals surface area (Å²) in [4.78, 5) is 21.1. The summed E-state index contributed by atoms with van der Waals surface area (Å²) in [6.45, 7) is 8.37. The van der Waals surface area contributed by atoms with E-state index in [4.69, 9.17) is 9.73 Å². The molecule has 0 spiro atoms. The molecule has 0 aliphatic carbocycles. The molecule has 0 bridgehead atoms. The minimum absolute atomic E-state index is 0. The molecule has 2 N–H and O–H groups in total. The maximum absolute atomic E-state index is 13.3.